The monoisotopic (exact) mass is 327 g/mol. The average Bonchev–Trinajstić information content (AvgIpc) is 3.22. The Balaban J connectivity index is 1.95. The number of halogens is 1. The molecule has 0 saturated heterocycles. The summed E-state index contributed by atoms with van der Waals surface area (Å²) in [6.07, 6.45) is 1.52. The van der Waals surface area contributed by atoms with Crippen LogP contribution in [0.1, 0.15) is 19.8 Å². The molecular formula is C14H18BrNO3. The number of hydrogen-bond acceptors (Lipinski definition) is 3. The molecule has 19 heavy (non-hydrogen) atoms. The van der Waals surface area contributed by atoms with Crippen molar-refractivity contribution in [3.63, 3.8) is 0 Å². The van der Waals surface area contributed by atoms with E-state index in [0.717, 1.165) is 17.3 Å². The third-order valence-electron chi connectivity index (χ3n) is 3.09. The maximum Gasteiger partial charge on any atom is 0.263 e. The molecular weight excluding hydrogens is 310 g/mol. The topological polar surface area (TPSA) is 49.8 Å². The zero-order chi connectivity index (χ0) is 13.8. The molecule has 1 saturated carbocycles. The Hall–Kier alpha value is -1.07. The van der Waals surface area contributed by atoms with E-state index in [2.05, 4.69) is 15.9 Å². The normalized spacial score (nSPS) is 15.9. The lowest BCUT2D eigenvalue weighted by Crippen LogP contribution is -2.43. The van der Waals surface area contributed by atoms with Gasteiger partial charge in [0.05, 0.1) is 6.61 Å². The van der Waals surface area contributed by atoms with Crippen LogP contribution in [-0.4, -0.2) is 41.2 Å². The van der Waals surface area contributed by atoms with Crippen molar-refractivity contribution >= 4 is 21.8 Å². The van der Waals surface area contributed by atoms with E-state index in [1.165, 1.54) is 0 Å². The van der Waals surface area contributed by atoms with Gasteiger partial charge in [-0.15, -0.1) is 0 Å². The molecule has 0 spiro atoms. The standard InChI is InChI=1S/C14H18BrNO3/c1-10(19-13-6-2-11(15)3-7-13)14(18)16(8-9-17)12-4-5-12/h2-3,6-7,10,12,17H,4-5,8-9H2,1H3. The summed E-state index contributed by atoms with van der Waals surface area (Å²) in [5, 5.41) is 9.02. The van der Waals surface area contributed by atoms with Gasteiger partial charge in [-0.1, -0.05) is 15.9 Å². The number of amides is 1. The highest BCUT2D eigenvalue weighted by Gasteiger charge is 2.34. The van der Waals surface area contributed by atoms with Gasteiger partial charge in [-0.3, -0.25) is 4.79 Å². The van der Waals surface area contributed by atoms with Crippen molar-refractivity contribution in [3.8, 4) is 5.75 Å². The number of rotatable bonds is 6. The van der Waals surface area contributed by atoms with Crippen LogP contribution in [-0.2, 0) is 4.79 Å². The van der Waals surface area contributed by atoms with E-state index >= 15 is 0 Å². The van der Waals surface area contributed by atoms with Crippen LogP contribution in [0, 0.1) is 0 Å². The van der Waals surface area contributed by atoms with Crippen molar-refractivity contribution < 1.29 is 14.6 Å². The fourth-order valence-corrected chi connectivity index (χ4v) is 2.23. The van der Waals surface area contributed by atoms with E-state index in [0.29, 0.717) is 12.3 Å². The highest BCUT2D eigenvalue weighted by molar-refractivity contribution is 9.10. The van der Waals surface area contributed by atoms with Crippen molar-refractivity contribution in [1.29, 1.82) is 0 Å². The molecule has 0 aliphatic heterocycles. The number of carbonyl (C=O) groups excluding carboxylic acids is 1. The molecule has 104 valence electrons. The van der Waals surface area contributed by atoms with Gasteiger partial charge in [-0.2, -0.15) is 0 Å². The predicted octanol–water partition coefficient (Wildman–Crippen LogP) is 2.20. The van der Waals surface area contributed by atoms with Gasteiger partial charge in [0.15, 0.2) is 6.10 Å². The SMILES string of the molecule is CC(Oc1ccc(Br)cc1)C(=O)N(CCO)C1CC1. The van der Waals surface area contributed by atoms with E-state index in [9.17, 15) is 4.79 Å². The van der Waals surface area contributed by atoms with E-state index < -0.39 is 6.10 Å². The molecule has 5 heteroatoms. The Morgan fingerprint density at radius 3 is 2.63 bits per heavy atom. The van der Waals surface area contributed by atoms with Gasteiger partial charge >= 0.3 is 0 Å². The van der Waals surface area contributed by atoms with Crippen molar-refractivity contribution in [2.45, 2.75) is 31.9 Å². The van der Waals surface area contributed by atoms with Crippen LogP contribution >= 0.6 is 15.9 Å². The maximum atomic E-state index is 12.3. The molecule has 0 bridgehead atoms. The Morgan fingerprint density at radius 2 is 2.11 bits per heavy atom. The first kappa shape index (κ1) is 14.3. The van der Waals surface area contributed by atoms with Crippen LogP contribution in [0.4, 0.5) is 0 Å². The first-order chi connectivity index (χ1) is 9.11. The third kappa shape index (κ3) is 3.94. The van der Waals surface area contributed by atoms with Crippen LogP contribution < -0.4 is 4.74 Å². The van der Waals surface area contributed by atoms with E-state index in [1.807, 2.05) is 24.3 Å². The summed E-state index contributed by atoms with van der Waals surface area (Å²) in [5.41, 5.74) is 0. The van der Waals surface area contributed by atoms with Crippen LogP contribution in [0.15, 0.2) is 28.7 Å². The van der Waals surface area contributed by atoms with Crippen molar-refractivity contribution in [3.05, 3.63) is 28.7 Å². The van der Waals surface area contributed by atoms with Crippen molar-refractivity contribution in [1.82, 2.24) is 4.90 Å². The van der Waals surface area contributed by atoms with Crippen LogP contribution in [0.25, 0.3) is 0 Å². The van der Waals surface area contributed by atoms with Gasteiger partial charge in [0, 0.05) is 17.1 Å². The molecule has 0 aromatic heterocycles. The zero-order valence-corrected chi connectivity index (χ0v) is 12.5. The summed E-state index contributed by atoms with van der Waals surface area (Å²) in [4.78, 5) is 14.0. The van der Waals surface area contributed by atoms with Gasteiger partial charge in [0.25, 0.3) is 5.91 Å². The Bertz CT molecular complexity index is 431. The smallest absolute Gasteiger partial charge is 0.263 e. The first-order valence-electron chi connectivity index (χ1n) is 6.45. The number of aliphatic hydroxyl groups is 1. The minimum absolute atomic E-state index is 0.00670. The van der Waals surface area contributed by atoms with Gasteiger partial charge in [0.2, 0.25) is 0 Å². The number of aliphatic hydroxyl groups excluding tert-OH is 1. The molecule has 0 heterocycles. The van der Waals surface area contributed by atoms with Crippen molar-refractivity contribution in [2.75, 3.05) is 13.2 Å². The van der Waals surface area contributed by atoms with Gasteiger partial charge in [-0.05, 0) is 44.0 Å². The summed E-state index contributed by atoms with van der Waals surface area (Å²) < 4.78 is 6.61. The molecule has 1 aromatic carbocycles. The summed E-state index contributed by atoms with van der Waals surface area (Å²) in [6, 6.07) is 7.68. The molecule has 1 N–H and O–H groups in total. The number of ether oxygens (including phenoxy) is 1. The molecule has 4 nitrogen and oxygen atoms in total. The fourth-order valence-electron chi connectivity index (χ4n) is 1.97. The average molecular weight is 328 g/mol. The van der Waals surface area contributed by atoms with E-state index in [1.54, 1.807) is 11.8 Å². The summed E-state index contributed by atoms with van der Waals surface area (Å²) in [6.45, 7) is 2.13. The molecule has 0 radical (unpaired) electrons. The number of hydrogen-bond donors (Lipinski definition) is 1. The molecule has 1 aliphatic rings. The zero-order valence-electron chi connectivity index (χ0n) is 10.9. The molecule has 1 aromatic rings. The second-order valence-electron chi connectivity index (χ2n) is 4.70. The molecule has 1 unspecified atom stereocenters. The van der Waals surface area contributed by atoms with E-state index in [-0.39, 0.29) is 18.6 Å². The molecule has 1 amide bonds. The Kier molecular flexibility index (Phi) is 4.82. The molecule has 1 aliphatic carbocycles. The Morgan fingerprint density at radius 1 is 1.47 bits per heavy atom. The molecule has 2 rings (SSSR count). The third-order valence-corrected chi connectivity index (χ3v) is 3.61. The largest absolute Gasteiger partial charge is 0.481 e. The lowest BCUT2D eigenvalue weighted by atomic mass is 10.3. The van der Waals surface area contributed by atoms with E-state index in [4.69, 9.17) is 9.84 Å². The first-order valence-corrected chi connectivity index (χ1v) is 7.24. The van der Waals surface area contributed by atoms with Gasteiger partial charge < -0.3 is 14.7 Å². The quantitative estimate of drug-likeness (QED) is 0.871. The lowest BCUT2D eigenvalue weighted by molar-refractivity contribution is -0.139. The minimum atomic E-state index is -0.534. The highest BCUT2D eigenvalue weighted by Crippen LogP contribution is 2.27. The minimum Gasteiger partial charge on any atom is -0.481 e. The molecule has 1 fully saturated rings. The van der Waals surface area contributed by atoms with Crippen molar-refractivity contribution in [2.24, 2.45) is 0 Å². The second kappa shape index (κ2) is 6.39. The van der Waals surface area contributed by atoms with Crippen LogP contribution in [0.2, 0.25) is 0 Å². The maximum absolute atomic E-state index is 12.3. The second-order valence-corrected chi connectivity index (χ2v) is 5.62. The van der Waals surface area contributed by atoms with Gasteiger partial charge in [0.1, 0.15) is 5.75 Å². The number of benzene rings is 1. The molecule has 1 atom stereocenters. The predicted molar refractivity (Wildman–Crippen MR) is 76.1 cm³/mol. The fraction of sp³-hybridized carbons (Fsp3) is 0.500. The Labute approximate surface area is 121 Å². The van der Waals surface area contributed by atoms with Crippen LogP contribution in [0.5, 0.6) is 5.75 Å². The lowest BCUT2D eigenvalue weighted by Gasteiger charge is -2.25. The van der Waals surface area contributed by atoms with Crippen LogP contribution in [0.3, 0.4) is 0 Å². The number of carbonyl (C=O) groups is 1. The summed E-state index contributed by atoms with van der Waals surface area (Å²) >= 11 is 3.35. The highest BCUT2D eigenvalue weighted by atomic mass is 79.9. The number of nitrogens with zero attached hydrogens (tertiary/aromatic N) is 1. The summed E-state index contributed by atoms with van der Waals surface area (Å²) in [7, 11) is 0. The van der Waals surface area contributed by atoms with Gasteiger partial charge in [-0.25, -0.2) is 0 Å². The summed E-state index contributed by atoms with van der Waals surface area (Å²) in [5.74, 6) is 0.614.